The maximum atomic E-state index is 13.4. The van der Waals surface area contributed by atoms with Crippen molar-refractivity contribution >= 4 is 11.6 Å². The molecule has 0 saturated heterocycles. The second-order valence-electron chi connectivity index (χ2n) is 6.67. The normalized spacial score (nSPS) is 12.0. The molecule has 0 aliphatic heterocycles. The molecule has 30 heavy (non-hydrogen) atoms. The molecule has 0 saturated carbocycles. The van der Waals surface area contributed by atoms with Crippen LogP contribution in [0.3, 0.4) is 0 Å². The molecule has 0 amide bonds. The van der Waals surface area contributed by atoms with E-state index < -0.39 is 0 Å². The van der Waals surface area contributed by atoms with Crippen LogP contribution in [0.1, 0.15) is 13.0 Å². The van der Waals surface area contributed by atoms with Crippen LogP contribution in [0.2, 0.25) is 5.02 Å². The van der Waals surface area contributed by atoms with Crippen LogP contribution in [-0.4, -0.2) is 31.2 Å². The van der Waals surface area contributed by atoms with Gasteiger partial charge in [-0.1, -0.05) is 11.6 Å². The van der Waals surface area contributed by atoms with Crippen molar-refractivity contribution in [2.75, 3.05) is 6.61 Å². The Hall–Kier alpha value is -3.29. The molecule has 0 bridgehead atoms. The van der Waals surface area contributed by atoms with E-state index in [1.807, 2.05) is 11.5 Å². The van der Waals surface area contributed by atoms with Crippen LogP contribution in [0, 0.1) is 5.82 Å². The van der Waals surface area contributed by atoms with Crippen molar-refractivity contribution in [3.8, 4) is 34.4 Å². The van der Waals surface area contributed by atoms with E-state index in [9.17, 15) is 9.50 Å². The molecule has 4 aromatic rings. The summed E-state index contributed by atoms with van der Waals surface area (Å²) in [5.74, 6) is 0.219. The van der Waals surface area contributed by atoms with Gasteiger partial charge < -0.3 is 14.4 Å². The monoisotopic (exact) mass is 424 g/mol. The Bertz CT molecular complexity index is 1150. The Morgan fingerprint density at radius 2 is 1.80 bits per heavy atom. The van der Waals surface area contributed by atoms with E-state index in [1.54, 1.807) is 55.0 Å². The summed E-state index contributed by atoms with van der Waals surface area (Å²) in [5.41, 5.74) is 2.58. The smallest absolute Gasteiger partial charge is 0.322 e. The van der Waals surface area contributed by atoms with Crippen molar-refractivity contribution in [2.24, 2.45) is 0 Å². The van der Waals surface area contributed by atoms with E-state index in [0.29, 0.717) is 27.9 Å². The van der Waals surface area contributed by atoms with Gasteiger partial charge in [-0.2, -0.15) is 4.98 Å². The lowest BCUT2D eigenvalue weighted by atomic mass is 10.1. The zero-order valence-electron chi connectivity index (χ0n) is 16.0. The quantitative estimate of drug-likeness (QED) is 0.463. The minimum Gasteiger partial charge on any atom is -0.424 e. The molecular weight excluding hydrogens is 407 g/mol. The molecular formula is C22H18ClFN4O2. The molecule has 1 atom stereocenters. The average Bonchev–Trinajstić information content (AvgIpc) is 3.21. The summed E-state index contributed by atoms with van der Waals surface area (Å²) in [6, 6.07) is 14.6. The molecule has 2 aromatic carbocycles. The molecule has 152 valence electrons. The molecule has 0 aliphatic rings. The number of aliphatic hydroxyl groups excluding tert-OH is 1. The number of halogens is 2. The first kappa shape index (κ1) is 20.0. The fraction of sp³-hybridized carbons (Fsp3) is 0.136. The Balaban J connectivity index is 1.77. The Labute approximate surface area is 177 Å². The number of rotatable bonds is 6. The zero-order chi connectivity index (χ0) is 21.1. The Kier molecular flexibility index (Phi) is 5.74. The molecule has 2 aromatic heterocycles. The highest BCUT2D eigenvalue weighted by molar-refractivity contribution is 6.30. The van der Waals surface area contributed by atoms with Crippen molar-refractivity contribution in [3.63, 3.8) is 0 Å². The van der Waals surface area contributed by atoms with Gasteiger partial charge in [-0.25, -0.2) is 14.4 Å². The highest BCUT2D eigenvalue weighted by Gasteiger charge is 2.20. The minimum absolute atomic E-state index is 0.0779. The third kappa shape index (κ3) is 4.17. The summed E-state index contributed by atoms with van der Waals surface area (Å²) in [5, 5.41) is 10.3. The molecule has 0 radical (unpaired) electrons. The first-order valence-corrected chi connectivity index (χ1v) is 9.63. The van der Waals surface area contributed by atoms with Gasteiger partial charge in [-0.15, -0.1) is 0 Å². The molecule has 1 N–H and O–H groups in total. The van der Waals surface area contributed by atoms with Crippen LogP contribution in [0.4, 0.5) is 4.39 Å². The van der Waals surface area contributed by atoms with E-state index in [4.69, 9.17) is 16.3 Å². The van der Waals surface area contributed by atoms with Gasteiger partial charge in [0.2, 0.25) is 0 Å². The van der Waals surface area contributed by atoms with Crippen LogP contribution in [0.25, 0.3) is 22.6 Å². The largest absolute Gasteiger partial charge is 0.424 e. The number of imidazole rings is 1. The van der Waals surface area contributed by atoms with Gasteiger partial charge >= 0.3 is 6.01 Å². The third-order valence-electron chi connectivity index (χ3n) is 4.55. The summed E-state index contributed by atoms with van der Waals surface area (Å²) in [6.45, 7) is 1.79. The lowest BCUT2D eigenvalue weighted by Crippen LogP contribution is -2.10. The molecule has 0 spiro atoms. The van der Waals surface area contributed by atoms with Crippen LogP contribution >= 0.6 is 11.6 Å². The Morgan fingerprint density at radius 1 is 1.07 bits per heavy atom. The van der Waals surface area contributed by atoms with E-state index in [2.05, 4.69) is 15.0 Å². The minimum atomic E-state index is -0.329. The second-order valence-corrected chi connectivity index (χ2v) is 7.10. The maximum absolute atomic E-state index is 13.4. The predicted octanol–water partition coefficient (Wildman–Crippen LogP) is 5.15. The molecule has 6 nitrogen and oxygen atoms in total. The summed E-state index contributed by atoms with van der Waals surface area (Å²) in [6.07, 6.45) is 3.22. The Morgan fingerprint density at radius 3 is 2.50 bits per heavy atom. The maximum Gasteiger partial charge on any atom is 0.322 e. The zero-order valence-corrected chi connectivity index (χ0v) is 16.8. The average molecular weight is 425 g/mol. The summed E-state index contributed by atoms with van der Waals surface area (Å²) < 4.78 is 21.0. The van der Waals surface area contributed by atoms with E-state index >= 15 is 0 Å². The SMILES string of the molecule is C[C@@H](CO)n1cnc(-c2ccc(F)cc2)c1-c1ccnc(Oc2ccc(Cl)cc2)n1. The molecule has 0 fully saturated rings. The van der Waals surface area contributed by atoms with Gasteiger partial charge in [0, 0.05) is 16.8 Å². The topological polar surface area (TPSA) is 73.1 Å². The van der Waals surface area contributed by atoms with Gasteiger partial charge in [-0.05, 0) is 61.5 Å². The lowest BCUT2D eigenvalue weighted by molar-refractivity contribution is 0.239. The van der Waals surface area contributed by atoms with Crippen LogP contribution in [0.15, 0.2) is 67.1 Å². The van der Waals surface area contributed by atoms with Crippen LogP contribution < -0.4 is 4.74 Å². The van der Waals surface area contributed by atoms with Crippen LogP contribution in [0.5, 0.6) is 11.8 Å². The molecule has 4 rings (SSSR count). The molecule has 8 heteroatoms. The second kappa shape index (κ2) is 8.61. The van der Waals surface area contributed by atoms with Crippen molar-refractivity contribution in [1.82, 2.24) is 19.5 Å². The fourth-order valence-corrected chi connectivity index (χ4v) is 3.11. The van der Waals surface area contributed by atoms with Crippen molar-refractivity contribution in [3.05, 3.63) is 78.0 Å². The fourth-order valence-electron chi connectivity index (χ4n) is 2.99. The first-order chi connectivity index (χ1) is 14.5. The first-order valence-electron chi connectivity index (χ1n) is 9.25. The highest BCUT2D eigenvalue weighted by atomic mass is 35.5. The predicted molar refractivity (Wildman–Crippen MR) is 112 cm³/mol. The molecule has 2 heterocycles. The van der Waals surface area contributed by atoms with E-state index in [0.717, 1.165) is 5.56 Å². The number of hydrogen-bond acceptors (Lipinski definition) is 5. The van der Waals surface area contributed by atoms with Crippen molar-refractivity contribution in [2.45, 2.75) is 13.0 Å². The molecule has 0 aliphatic carbocycles. The number of nitrogens with zero attached hydrogens (tertiary/aromatic N) is 4. The van der Waals surface area contributed by atoms with Crippen LogP contribution in [-0.2, 0) is 0 Å². The third-order valence-corrected chi connectivity index (χ3v) is 4.80. The van der Waals surface area contributed by atoms with Crippen molar-refractivity contribution < 1.29 is 14.2 Å². The van der Waals surface area contributed by atoms with Gasteiger partial charge in [-0.3, -0.25) is 0 Å². The molecule has 0 unspecified atom stereocenters. The number of aliphatic hydroxyl groups is 1. The summed E-state index contributed by atoms with van der Waals surface area (Å²) in [7, 11) is 0. The highest BCUT2D eigenvalue weighted by Crippen LogP contribution is 2.33. The summed E-state index contributed by atoms with van der Waals surface area (Å²) in [4.78, 5) is 13.2. The number of hydrogen-bond donors (Lipinski definition) is 1. The van der Waals surface area contributed by atoms with E-state index in [-0.39, 0.29) is 24.5 Å². The van der Waals surface area contributed by atoms with Gasteiger partial charge in [0.05, 0.1) is 36.1 Å². The van der Waals surface area contributed by atoms with Gasteiger partial charge in [0.1, 0.15) is 11.6 Å². The van der Waals surface area contributed by atoms with Gasteiger partial charge in [0.25, 0.3) is 0 Å². The van der Waals surface area contributed by atoms with Crippen molar-refractivity contribution in [1.29, 1.82) is 0 Å². The van der Waals surface area contributed by atoms with Gasteiger partial charge in [0.15, 0.2) is 0 Å². The summed E-state index contributed by atoms with van der Waals surface area (Å²) >= 11 is 5.91. The van der Waals surface area contributed by atoms with E-state index in [1.165, 1.54) is 12.1 Å². The number of benzene rings is 2. The number of ether oxygens (including phenoxy) is 1. The lowest BCUT2D eigenvalue weighted by Gasteiger charge is -2.15. The number of aromatic nitrogens is 4. The standard InChI is InChI=1S/C22H18ClFN4O2/c1-14(12-29)28-13-26-20(15-2-6-17(24)7-3-15)21(28)19-10-11-25-22(27-19)30-18-8-4-16(23)5-9-18/h2-11,13-14,29H,12H2,1H3/t14-/m0/s1.